The molecule has 0 atom stereocenters. The summed E-state index contributed by atoms with van der Waals surface area (Å²) >= 11 is 0. The Morgan fingerprint density at radius 1 is 1.13 bits per heavy atom. The van der Waals surface area contributed by atoms with E-state index in [1.54, 1.807) is 6.07 Å². The number of phenolic OH excluding ortho intramolecular Hbond substituents is 1. The number of benzene rings is 2. The maximum atomic E-state index is 12.6. The number of aromatic hydroxyl groups is 1. The molecule has 1 aliphatic carbocycles. The summed E-state index contributed by atoms with van der Waals surface area (Å²) in [5.41, 5.74) is 4.55. The Labute approximate surface area is 133 Å². The van der Waals surface area contributed by atoms with Crippen molar-refractivity contribution in [1.82, 2.24) is 0 Å². The standard InChI is InChI=1S/C20H16O3/c1-12-4-2-3-5-13(12)10-14-6-8-17-19(22)16-9-7-15(21)11-18(16)23-20(14)17/h2-5,7,9-11,21H,6,8H2,1H3/b14-10+. The van der Waals surface area contributed by atoms with Gasteiger partial charge in [-0.15, -0.1) is 0 Å². The lowest BCUT2D eigenvalue weighted by atomic mass is 10.0. The van der Waals surface area contributed by atoms with Crippen LogP contribution in [-0.2, 0) is 6.42 Å². The minimum Gasteiger partial charge on any atom is -0.508 e. The molecule has 1 aliphatic rings. The topological polar surface area (TPSA) is 50.4 Å². The van der Waals surface area contributed by atoms with Gasteiger partial charge in [-0.2, -0.15) is 0 Å². The van der Waals surface area contributed by atoms with Crippen molar-refractivity contribution in [3.63, 3.8) is 0 Å². The van der Waals surface area contributed by atoms with E-state index in [9.17, 15) is 9.90 Å². The third-order valence-electron chi connectivity index (χ3n) is 4.42. The molecular formula is C20H16O3. The van der Waals surface area contributed by atoms with Crippen LogP contribution >= 0.6 is 0 Å². The van der Waals surface area contributed by atoms with Crippen molar-refractivity contribution in [3.8, 4) is 5.75 Å². The molecule has 0 saturated heterocycles. The first-order valence-electron chi connectivity index (χ1n) is 7.69. The molecule has 0 unspecified atom stereocenters. The van der Waals surface area contributed by atoms with Crippen molar-refractivity contribution >= 4 is 22.6 Å². The highest BCUT2D eigenvalue weighted by molar-refractivity contribution is 5.87. The van der Waals surface area contributed by atoms with E-state index in [-0.39, 0.29) is 11.2 Å². The summed E-state index contributed by atoms with van der Waals surface area (Å²) in [7, 11) is 0. The van der Waals surface area contributed by atoms with E-state index in [0.29, 0.717) is 23.2 Å². The Hall–Kier alpha value is -2.81. The molecule has 1 N–H and O–H groups in total. The second kappa shape index (κ2) is 5.13. The second-order valence-corrected chi connectivity index (χ2v) is 5.95. The zero-order chi connectivity index (χ0) is 16.0. The number of phenols is 1. The molecule has 0 amide bonds. The molecule has 0 spiro atoms. The predicted molar refractivity (Wildman–Crippen MR) is 91.5 cm³/mol. The average Bonchev–Trinajstić information content (AvgIpc) is 2.93. The number of aryl methyl sites for hydroxylation is 1. The molecular weight excluding hydrogens is 288 g/mol. The number of allylic oxidation sites excluding steroid dienone is 1. The molecule has 2 aromatic carbocycles. The molecule has 3 nitrogen and oxygen atoms in total. The monoisotopic (exact) mass is 304 g/mol. The first kappa shape index (κ1) is 13.8. The van der Waals surface area contributed by atoms with Crippen molar-refractivity contribution in [2.45, 2.75) is 19.8 Å². The summed E-state index contributed by atoms with van der Waals surface area (Å²) in [4.78, 5) is 12.6. The van der Waals surface area contributed by atoms with E-state index in [0.717, 1.165) is 23.1 Å². The highest BCUT2D eigenvalue weighted by atomic mass is 16.3. The summed E-state index contributed by atoms with van der Waals surface area (Å²) < 4.78 is 5.96. The third-order valence-corrected chi connectivity index (χ3v) is 4.42. The molecule has 1 aromatic heterocycles. The number of hydrogen-bond acceptors (Lipinski definition) is 3. The number of fused-ring (bicyclic) bond motifs is 2. The zero-order valence-corrected chi connectivity index (χ0v) is 12.8. The van der Waals surface area contributed by atoms with Crippen molar-refractivity contribution < 1.29 is 9.52 Å². The van der Waals surface area contributed by atoms with Crippen LogP contribution in [0.25, 0.3) is 22.6 Å². The Morgan fingerprint density at radius 3 is 2.78 bits per heavy atom. The van der Waals surface area contributed by atoms with Gasteiger partial charge < -0.3 is 9.52 Å². The molecule has 0 radical (unpaired) electrons. The minimum atomic E-state index is 0.00873. The molecule has 1 heterocycles. The second-order valence-electron chi connectivity index (χ2n) is 5.95. The molecule has 0 fully saturated rings. The van der Waals surface area contributed by atoms with Crippen LogP contribution < -0.4 is 5.43 Å². The van der Waals surface area contributed by atoms with Crippen LogP contribution in [0.5, 0.6) is 5.75 Å². The normalized spacial score (nSPS) is 15.3. The molecule has 114 valence electrons. The van der Waals surface area contributed by atoms with Crippen molar-refractivity contribution in [1.29, 1.82) is 0 Å². The van der Waals surface area contributed by atoms with Gasteiger partial charge in [-0.1, -0.05) is 24.3 Å². The summed E-state index contributed by atoms with van der Waals surface area (Å²) in [6.07, 6.45) is 3.59. The van der Waals surface area contributed by atoms with E-state index in [1.165, 1.54) is 17.7 Å². The van der Waals surface area contributed by atoms with Gasteiger partial charge in [0, 0.05) is 11.6 Å². The molecule has 0 bridgehead atoms. The van der Waals surface area contributed by atoms with Crippen molar-refractivity contribution in [3.05, 3.63) is 75.1 Å². The largest absolute Gasteiger partial charge is 0.508 e. The third kappa shape index (κ3) is 2.25. The van der Waals surface area contributed by atoms with Crippen LogP contribution in [-0.4, -0.2) is 5.11 Å². The van der Waals surface area contributed by atoms with Crippen LogP contribution in [0.15, 0.2) is 51.7 Å². The highest BCUT2D eigenvalue weighted by Gasteiger charge is 2.24. The van der Waals surface area contributed by atoms with Crippen LogP contribution in [0.1, 0.15) is 28.9 Å². The van der Waals surface area contributed by atoms with Gasteiger partial charge in [-0.3, -0.25) is 4.79 Å². The molecule has 23 heavy (non-hydrogen) atoms. The minimum absolute atomic E-state index is 0.00873. The number of hydrogen-bond donors (Lipinski definition) is 1. The van der Waals surface area contributed by atoms with Crippen LogP contribution in [0, 0.1) is 6.92 Å². The summed E-state index contributed by atoms with van der Waals surface area (Å²) in [5, 5.41) is 10.2. The average molecular weight is 304 g/mol. The van der Waals surface area contributed by atoms with Crippen LogP contribution in [0.4, 0.5) is 0 Å². The van der Waals surface area contributed by atoms with Gasteiger partial charge >= 0.3 is 0 Å². The fraction of sp³-hybridized carbons (Fsp3) is 0.150. The first-order chi connectivity index (χ1) is 11.1. The first-order valence-corrected chi connectivity index (χ1v) is 7.69. The van der Waals surface area contributed by atoms with Gasteiger partial charge in [0.2, 0.25) is 0 Å². The van der Waals surface area contributed by atoms with E-state index < -0.39 is 0 Å². The highest BCUT2D eigenvalue weighted by Crippen LogP contribution is 2.35. The van der Waals surface area contributed by atoms with Gasteiger partial charge in [-0.05, 0) is 54.7 Å². The molecule has 3 aromatic rings. The zero-order valence-electron chi connectivity index (χ0n) is 12.8. The Morgan fingerprint density at radius 2 is 1.96 bits per heavy atom. The SMILES string of the molecule is Cc1ccccc1/C=C1\CCc2c1oc1cc(O)ccc1c2=O. The Balaban J connectivity index is 1.93. The molecule has 0 aliphatic heterocycles. The van der Waals surface area contributed by atoms with Gasteiger partial charge in [0.05, 0.1) is 5.39 Å². The van der Waals surface area contributed by atoms with Gasteiger partial charge in [-0.25, -0.2) is 0 Å². The van der Waals surface area contributed by atoms with Gasteiger partial charge in [0.1, 0.15) is 17.1 Å². The van der Waals surface area contributed by atoms with E-state index in [4.69, 9.17) is 4.42 Å². The lowest BCUT2D eigenvalue weighted by Gasteiger charge is -2.05. The quantitative estimate of drug-likeness (QED) is 0.729. The van der Waals surface area contributed by atoms with Gasteiger partial charge in [0.15, 0.2) is 5.43 Å². The van der Waals surface area contributed by atoms with Crippen LogP contribution in [0.2, 0.25) is 0 Å². The maximum Gasteiger partial charge on any atom is 0.196 e. The van der Waals surface area contributed by atoms with Gasteiger partial charge in [0.25, 0.3) is 0 Å². The summed E-state index contributed by atoms with van der Waals surface area (Å²) in [6, 6.07) is 12.8. The van der Waals surface area contributed by atoms with Crippen LogP contribution in [0.3, 0.4) is 0 Å². The van der Waals surface area contributed by atoms with Crippen molar-refractivity contribution in [2.75, 3.05) is 0 Å². The maximum absolute atomic E-state index is 12.6. The summed E-state index contributed by atoms with van der Waals surface area (Å²) in [6.45, 7) is 2.07. The van der Waals surface area contributed by atoms with E-state index in [2.05, 4.69) is 25.1 Å². The smallest absolute Gasteiger partial charge is 0.196 e. The Bertz CT molecular complexity index is 1010. The number of rotatable bonds is 1. The molecule has 0 saturated carbocycles. The molecule has 3 heteroatoms. The van der Waals surface area contributed by atoms with E-state index >= 15 is 0 Å². The summed E-state index contributed by atoms with van der Waals surface area (Å²) in [5.74, 6) is 0.763. The predicted octanol–water partition coefficient (Wildman–Crippen LogP) is 4.29. The fourth-order valence-electron chi connectivity index (χ4n) is 3.15. The van der Waals surface area contributed by atoms with E-state index in [1.807, 2.05) is 12.1 Å². The van der Waals surface area contributed by atoms with Crippen molar-refractivity contribution in [2.24, 2.45) is 0 Å². The fourth-order valence-corrected chi connectivity index (χ4v) is 3.15. The Kier molecular flexibility index (Phi) is 3.08. The lowest BCUT2D eigenvalue weighted by molar-refractivity contribution is 0.473. The molecule has 4 rings (SSSR count). The lowest BCUT2D eigenvalue weighted by Crippen LogP contribution is -2.08.